The molecule has 0 heterocycles. The van der Waals surface area contributed by atoms with Gasteiger partial charge in [-0.15, -0.1) is 11.8 Å². The van der Waals surface area contributed by atoms with Crippen LogP contribution in [0, 0.1) is 6.92 Å². The topological polar surface area (TPSA) is 29.1 Å². The highest BCUT2D eigenvalue weighted by molar-refractivity contribution is 9.10. The van der Waals surface area contributed by atoms with Crippen LogP contribution in [0.3, 0.4) is 0 Å². The Morgan fingerprint density at radius 3 is 2.62 bits per heavy atom. The summed E-state index contributed by atoms with van der Waals surface area (Å²) in [6.07, 6.45) is 0. The van der Waals surface area contributed by atoms with Crippen molar-refractivity contribution in [2.24, 2.45) is 0 Å². The van der Waals surface area contributed by atoms with Gasteiger partial charge in [0.15, 0.2) is 0 Å². The van der Waals surface area contributed by atoms with Gasteiger partial charge < -0.3 is 5.32 Å². The van der Waals surface area contributed by atoms with E-state index < -0.39 is 0 Å². The van der Waals surface area contributed by atoms with E-state index in [1.807, 2.05) is 43.3 Å². The highest BCUT2D eigenvalue weighted by Gasteiger charge is 2.14. The van der Waals surface area contributed by atoms with Crippen molar-refractivity contribution in [3.8, 4) is 0 Å². The quantitative estimate of drug-likeness (QED) is 0.789. The highest BCUT2D eigenvalue weighted by atomic mass is 79.9. The molecule has 0 aromatic heterocycles. The van der Waals surface area contributed by atoms with Gasteiger partial charge in [0.2, 0.25) is 5.91 Å². The van der Waals surface area contributed by atoms with Crippen LogP contribution in [0.2, 0.25) is 0 Å². The third kappa shape index (κ3) is 5.21. The van der Waals surface area contributed by atoms with Crippen LogP contribution in [0.1, 0.15) is 18.1 Å². The summed E-state index contributed by atoms with van der Waals surface area (Å²) >= 11 is 5.00. The number of halogens is 1. The van der Waals surface area contributed by atoms with E-state index in [-0.39, 0.29) is 11.2 Å². The van der Waals surface area contributed by atoms with E-state index in [1.165, 1.54) is 5.56 Å². The standard InChI is InChI=1S/C17H18BrNOS/c1-12-6-8-14(9-7-12)11-19-17(20)13(2)21-16-5-3-4-15(18)10-16/h3-10,13H,11H2,1-2H3,(H,19,20). The summed E-state index contributed by atoms with van der Waals surface area (Å²) in [6, 6.07) is 16.2. The minimum atomic E-state index is -0.121. The number of carbonyl (C=O) groups excluding carboxylic acids is 1. The van der Waals surface area contributed by atoms with Crippen LogP contribution in [0.25, 0.3) is 0 Å². The first-order valence-corrected chi connectivity index (χ1v) is 8.47. The van der Waals surface area contributed by atoms with Crippen LogP contribution in [-0.2, 0) is 11.3 Å². The van der Waals surface area contributed by atoms with Crippen LogP contribution in [0.5, 0.6) is 0 Å². The Bertz CT molecular complexity index is 612. The number of benzene rings is 2. The van der Waals surface area contributed by atoms with Crippen LogP contribution in [-0.4, -0.2) is 11.2 Å². The molecule has 1 N–H and O–H groups in total. The average molecular weight is 364 g/mol. The van der Waals surface area contributed by atoms with Gasteiger partial charge in [0.05, 0.1) is 5.25 Å². The van der Waals surface area contributed by atoms with Gasteiger partial charge in [-0.25, -0.2) is 0 Å². The molecule has 4 heteroatoms. The highest BCUT2D eigenvalue weighted by Crippen LogP contribution is 2.25. The third-order valence-corrected chi connectivity index (χ3v) is 4.65. The number of aryl methyl sites for hydroxylation is 1. The van der Waals surface area contributed by atoms with E-state index >= 15 is 0 Å². The van der Waals surface area contributed by atoms with E-state index in [0.717, 1.165) is 14.9 Å². The molecule has 1 atom stereocenters. The fourth-order valence-electron chi connectivity index (χ4n) is 1.84. The van der Waals surface area contributed by atoms with Crippen LogP contribution >= 0.6 is 27.7 Å². The summed E-state index contributed by atoms with van der Waals surface area (Å²) in [5.41, 5.74) is 2.34. The number of carbonyl (C=O) groups is 1. The number of thioether (sulfide) groups is 1. The molecule has 0 aliphatic carbocycles. The molecule has 21 heavy (non-hydrogen) atoms. The molecule has 0 saturated carbocycles. The Balaban J connectivity index is 1.86. The maximum Gasteiger partial charge on any atom is 0.233 e. The molecule has 110 valence electrons. The first-order valence-electron chi connectivity index (χ1n) is 6.80. The van der Waals surface area contributed by atoms with E-state index in [0.29, 0.717) is 6.54 Å². The van der Waals surface area contributed by atoms with Crippen LogP contribution < -0.4 is 5.32 Å². The van der Waals surface area contributed by atoms with Crippen molar-refractivity contribution >= 4 is 33.6 Å². The second-order valence-electron chi connectivity index (χ2n) is 4.92. The van der Waals surface area contributed by atoms with Gasteiger partial charge in [-0.1, -0.05) is 51.8 Å². The van der Waals surface area contributed by atoms with E-state index in [2.05, 4.69) is 40.3 Å². The average Bonchev–Trinajstić information content (AvgIpc) is 2.46. The van der Waals surface area contributed by atoms with Crippen molar-refractivity contribution in [1.82, 2.24) is 5.32 Å². The smallest absolute Gasteiger partial charge is 0.233 e. The van der Waals surface area contributed by atoms with Crippen molar-refractivity contribution in [1.29, 1.82) is 0 Å². The molecular formula is C17H18BrNOS. The summed E-state index contributed by atoms with van der Waals surface area (Å²) in [5.74, 6) is 0.0561. The minimum Gasteiger partial charge on any atom is -0.351 e. The van der Waals surface area contributed by atoms with Gasteiger partial charge in [-0.05, 0) is 37.6 Å². The summed E-state index contributed by atoms with van der Waals surface area (Å²) in [5, 5.41) is 2.86. The number of rotatable bonds is 5. The summed E-state index contributed by atoms with van der Waals surface area (Å²) in [6.45, 7) is 4.55. The Labute approximate surface area is 138 Å². The summed E-state index contributed by atoms with van der Waals surface area (Å²) in [4.78, 5) is 13.2. The van der Waals surface area contributed by atoms with Gasteiger partial charge in [0, 0.05) is 15.9 Å². The number of hydrogen-bond acceptors (Lipinski definition) is 2. The second kappa shape index (κ2) is 7.66. The normalized spacial score (nSPS) is 12.0. The molecule has 1 amide bonds. The van der Waals surface area contributed by atoms with E-state index in [1.54, 1.807) is 11.8 Å². The fourth-order valence-corrected chi connectivity index (χ4v) is 3.34. The minimum absolute atomic E-state index is 0.0561. The maximum atomic E-state index is 12.1. The fraction of sp³-hybridized carbons (Fsp3) is 0.235. The first kappa shape index (κ1) is 16.1. The molecule has 2 aromatic carbocycles. The van der Waals surface area contributed by atoms with Gasteiger partial charge in [0.25, 0.3) is 0 Å². The molecule has 0 bridgehead atoms. The zero-order chi connectivity index (χ0) is 15.2. The molecule has 0 radical (unpaired) electrons. The van der Waals surface area contributed by atoms with Crippen molar-refractivity contribution < 1.29 is 4.79 Å². The predicted molar refractivity (Wildman–Crippen MR) is 92.5 cm³/mol. The lowest BCUT2D eigenvalue weighted by Crippen LogP contribution is -2.30. The SMILES string of the molecule is Cc1ccc(CNC(=O)C(C)Sc2cccc(Br)c2)cc1. The van der Waals surface area contributed by atoms with E-state index in [9.17, 15) is 4.79 Å². The summed E-state index contributed by atoms with van der Waals surface area (Å²) < 4.78 is 1.03. The molecule has 0 fully saturated rings. The molecule has 0 aliphatic rings. The summed E-state index contributed by atoms with van der Waals surface area (Å²) in [7, 11) is 0. The molecule has 2 aromatic rings. The zero-order valence-corrected chi connectivity index (χ0v) is 14.5. The van der Waals surface area contributed by atoms with Gasteiger partial charge in [-0.3, -0.25) is 4.79 Å². The van der Waals surface area contributed by atoms with Crippen molar-refractivity contribution in [3.63, 3.8) is 0 Å². The lowest BCUT2D eigenvalue weighted by Gasteiger charge is -2.12. The Kier molecular flexibility index (Phi) is 5.88. The van der Waals surface area contributed by atoms with E-state index in [4.69, 9.17) is 0 Å². The lowest BCUT2D eigenvalue weighted by molar-refractivity contribution is -0.120. The molecular weight excluding hydrogens is 346 g/mol. The molecule has 0 aliphatic heterocycles. The third-order valence-electron chi connectivity index (χ3n) is 3.07. The monoisotopic (exact) mass is 363 g/mol. The number of amides is 1. The Morgan fingerprint density at radius 2 is 1.95 bits per heavy atom. The maximum absolute atomic E-state index is 12.1. The predicted octanol–water partition coefficient (Wildman–Crippen LogP) is 4.55. The molecule has 2 rings (SSSR count). The number of hydrogen-bond donors (Lipinski definition) is 1. The molecule has 2 nitrogen and oxygen atoms in total. The second-order valence-corrected chi connectivity index (χ2v) is 7.25. The number of nitrogens with one attached hydrogen (secondary N) is 1. The molecule has 0 spiro atoms. The van der Waals surface area contributed by atoms with Gasteiger partial charge in [-0.2, -0.15) is 0 Å². The molecule has 0 saturated heterocycles. The zero-order valence-electron chi connectivity index (χ0n) is 12.1. The van der Waals surface area contributed by atoms with Crippen LogP contribution in [0.4, 0.5) is 0 Å². The van der Waals surface area contributed by atoms with Crippen molar-refractivity contribution in [2.75, 3.05) is 0 Å². The lowest BCUT2D eigenvalue weighted by atomic mass is 10.1. The van der Waals surface area contributed by atoms with Crippen LogP contribution in [0.15, 0.2) is 57.9 Å². The van der Waals surface area contributed by atoms with Gasteiger partial charge in [0.1, 0.15) is 0 Å². The van der Waals surface area contributed by atoms with Gasteiger partial charge >= 0.3 is 0 Å². The molecule has 1 unspecified atom stereocenters. The largest absolute Gasteiger partial charge is 0.351 e. The van der Waals surface area contributed by atoms with Crippen molar-refractivity contribution in [2.45, 2.75) is 30.5 Å². The Hall–Kier alpha value is -1.26. The first-order chi connectivity index (χ1) is 10.0. The Morgan fingerprint density at radius 1 is 1.24 bits per heavy atom. The van der Waals surface area contributed by atoms with Crippen molar-refractivity contribution in [3.05, 3.63) is 64.1 Å².